The van der Waals surface area contributed by atoms with E-state index in [1.54, 1.807) is 0 Å². The van der Waals surface area contributed by atoms with Crippen molar-refractivity contribution < 1.29 is 0 Å². The molecule has 0 bridgehead atoms. The van der Waals surface area contributed by atoms with Gasteiger partial charge in [0.2, 0.25) is 0 Å². The summed E-state index contributed by atoms with van der Waals surface area (Å²) in [6.07, 6.45) is 26.7. The summed E-state index contributed by atoms with van der Waals surface area (Å²) in [6, 6.07) is 37.5. The third-order valence-electron chi connectivity index (χ3n) is 10.8. The molecule has 4 aromatic carbocycles. The Balaban J connectivity index is 1.34. The van der Waals surface area contributed by atoms with E-state index in [-0.39, 0.29) is 5.92 Å². The highest BCUT2D eigenvalue weighted by Gasteiger charge is 2.25. The number of benzene rings is 4. The standard InChI is InChI=1S/C51H49N/c1-5-15-49(38(4)37(2)3)50-35-34-48(36-51(50)45-24-22-42(23-25-45)39-16-9-6-10-17-39)52(46-30-26-43(27-31-46)40-18-11-7-12-19-40)47-32-28-44(29-33-47)41-20-13-8-14-21-41/h5-9,11-14,16,18-22,24,26-28,30-36,44,49H,1-2,4,10,15,17,23,25,29H2,3H3. The highest BCUT2D eigenvalue weighted by Crippen LogP contribution is 2.43. The van der Waals surface area contributed by atoms with Gasteiger partial charge in [-0.15, -0.1) is 6.58 Å². The lowest BCUT2D eigenvalue weighted by atomic mass is 9.79. The van der Waals surface area contributed by atoms with E-state index in [1.165, 1.54) is 50.2 Å². The monoisotopic (exact) mass is 675 g/mol. The van der Waals surface area contributed by atoms with Crippen LogP contribution in [-0.4, -0.2) is 0 Å². The second-order valence-corrected chi connectivity index (χ2v) is 14.2. The second kappa shape index (κ2) is 16.1. The first-order valence-corrected chi connectivity index (χ1v) is 18.7. The molecule has 0 saturated carbocycles. The van der Waals surface area contributed by atoms with Gasteiger partial charge < -0.3 is 4.90 Å². The van der Waals surface area contributed by atoms with Gasteiger partial charge in [0.25, 0.3) is 0 Å². The first kappa shape index (κ1) is 34.8. The highest BCUT2D eigenvalue weighted by molar-refractivity contribution is 5.80. The van der Waals surface area contributed by atoms with Gasteiger partial charge in [-0.2, -0.15) is 0 Å². The zero-order valence-corrected chi connectivity index (χ0v) is 30.5. The molecule has 0 radical (unpaired) electrons. The van der Waals surface area contributed by atoms with Crippen LogP contribution < -0.4 is 4.90 Å². The van der Waals surface area contributed by atoms with Crippen LogP contribution in [0.4, 0.5) is 11.4 Å². The van der Waals surface area contributed by atoms with Gasteiger partial charge in [0.05, 0.1) is 0 Å². The molecule has 0 aliphatic heterocycles. The average Bonchev–Trinajstić information content (AvgIpc) is 3.21. The molecular formula is C51H49N. The van der Waals surface area contributed by atoms with Gasteiger partial charge in [0.1, 0.15) is 0 Å². The summed E-state index contributed by atoms with van der Waals surface area (Å²) in [4.78, 5) is 2.43. The van der Waals surface area contributed by atoms with Crippen LogP contribution in [0.2, 0.25) is 0 Å². The van der Waals surface area contributed by atoms with Gasteiger partial charge in [0.15, 0.2) is 0 Å². The zero-order chi connectivity index (χ0) is 35.9. The van der Waals surface area contributed by atoms with E-state index in [2.05, 4.69) is 183 Å². The summed E-state index contributed by atoms with van der Waals surface area (Å²) in [5, 5.41) is 0. The maximum atomic E-state index is 4.53. The topological polar surface area (TPSA) is 3.24 Å². The van der Waals surface area contributed by atoms with Crippen molar-refractivity contribution in [3.05, 3.63) is 222 Å². The molecule has 4 aromatic rings. The van der Waals surface area contributed by atoms with Gasteiger partial charge in [0, 0.05) is 28.9 Å². The first-order chi connectivity index (χ1) is 25.5. The van der Waals surface area contributed by atoms with Crippen LogP contribution in [0.25, 0.3) is 16.7 Å². The Hall–Kier alpha value is -5.66. The summed E-state index contributed by atoms with van der Waals surface area (Å²) in [7, 11) is 0. The van der Waals surface area contributed by atoms with E-state index < -0.39 is 0 Å². The van der Waals surface area contributed by atoms with Crippen LogP contribution in [0.5, 0.6) is 0 Å². The van der Waals surface area contributed by atoms with E-state index >= 15 is 0 Å². The molecule has 0 N–H and O–H groups in total. The van der Waals surface area contributed by atoms with Gasteiger partial charge in [-0.25, -0.2) is 0 Å². The third kappa shape index (κ3) is 7.65. The van der Waals surface area contributed by atoms with Crippen LogP contribution in [0.3, 0.4) is 0 Å². The van der Waals surface area contributed by atoms with Crippen LogP contribution in [0, 0.1) is 0 Å². The molecule has 1 nitrogen and oxygen atoms in total. The summed E-state index contributed by atoms with van der Waals surface area (Å²) in [5.74, 6) is 0.469. The highest BCUT2D eigenvalue weighted by atomic mass is 15.1. The Bertz CT molecular complexity index is 2130. The normalized spacial score (nSPS) is 17.3. The van der Waals surface area contributed by atoms with Crippen LogP contribution in [-0.2, 0) is 0 Å². The molecule has 3 aliphatic carbocycles. The fourth-order valence-corrected chi connectivity index (χ4v) is 7.79. The zero-order valence-electron chi connectivity index (χ0n) is 30.5. The smallest absolute Gasteiger partial charge is 0.0467 e. The number of allylic oxidation sites excluding steroid dienone is 14. The Morgan fingerprint density at radius 3 is 2.08 bits per heavy atom. The van der Waals surface area contributed by atoms with Crippen molar-refractivity contribution in [2.24, 2.45) is 0 Å². The van der Waals surface area contributed by atoms with E-state index in [9.17, 15) is 0 Å². The SMILES string of the molecule is C=CCC(C(=C)C(=C)C)c1ccc(N(C2=CCC(c3ccccc3)C=C2)c2ccc(-c3ccccc3)cc2)cc1C1=CC=C(C2=CC=CCC2)CC1. The largest absolute Gasteiger partial charge is 0.311 e. The minimum Gasteiger partial charge on any atom is -0.311 e. The number of hydrogen-bond donors (Lipinski definition) is 0. The van der Waals surface area contributed by atoms with Crippen LogP contribution in [0.15, 0.2) is 206 Å². The lowest BCUT2D eigenvalue weighted by Crippen LogP contribution is -2.18. The third-order valence-corrected chi connectivity index (χ3v) is 10.8. The van der Waals surface area contributed by atoms with E-state index in [0.29, 0.717) is 5.92 Å². The van der Waals surface area contributed by atoms with Gasteiger partial charge >= 0.3 is 0 Å². The molecule has 0 heterocycles. The number of anilines is 2. The molecule has 2 unspecified atom stereocenters. The van der Waals surface area contributed by atoms with Crippen LogP contribution >= 0.6 is 0 Å². The Morgan fingerprint density at radius 2 is 1.44 bits per heavy atom. The molecule has 1 heteroatoms. The van der Waals surface area contributed by atoms with Crippen molar-refractivity contribution in [1.29, 1.82) is 0 Å². The van der Waals surface area contributed by atoms with Crippen LogP contribution in [0.1, 0.15) is 74.0 Å². The molecule has 0 spiro atoms. The number of hydrogen-bond acceptors (Lipinski definition) is 1. The van der Waals surface area contributed by atoms with Crippen molar-refractivity contribution in [3.8, 4) is 11.1 Å². The first-order valence-electron chi connectivity index (χ1n) is 18.7. The summed E-state index contributed by atoms with van der Waals surface area (Å²) in [6.45, 7) is 15.0. The molecule has 0 amide bonds. The Labute approximate surface area is 311 Å². The quantitative estimate of drug-likeness (QED) is 0.107. The maximum absolute atomic E-state index is 4.53. The predicted octanol–water partition coefficient (Wildman–Crippen LogP) is 14.3. The van der Waals surface area contributed by atoms with Crippen molar-refractivity contribution in [1.82, 2.24) is 0 Å². The van der Waals surface area contributed by atoms with Gasteiger partial charge in [-0.1, -0.05) is 146 Å². The van der Waals surface area contributed by atoms with Crippen molar-refractivity contribution >= 4 is 16.9 Å². The minimum atomic E-state index is 0.107. The summed E-state index contributed by atoms with van der Waals surface area (Å²) >= 11 is 0. The van der Waals surface area contributed by atoms with Crippen molar-refractivity contribution in [2.45, 2.75) is 57.3 Å². The molecule has 0 saturated heterocycles. The molecule has 3 aliphatic rings. The maximum Gasteiger partial charge on any atom is 0.0467 e. The van der Waals surface area contributed by atoms with Gasteiger partial charge in [-0.05, 0) is 126 Å². The van der Waals surface area contributed by atoms with E-state index in [4.69, 9.17) is 0 Å². The second-order valence-electron chi connectivity index (χ2n) is 14.2. The summed E-state index contributed by atoms with van der Waals surface area (Å²) < 4.78 is 0. The molecule has 258 valence electrons. The molecular weight excluding hydrogens is 627 g/mol. The fraction of sp³-hybridized carbons (Fsp3) is 0.176. The molecule has 2 atom stereocenters. The average molecular weight is 676 g/mol. The van der Waals surface area contributed by atoms with E-state index in [0.717, 1.165) is 61.0 Å². The molecule has 52 heavy (non-hydrogen) atoms. The Morgan fingerprint density at radius 1 is 0.769 bits per heavy atom. The molecule has 0 aromatic heterocycles. The van der Waals surface area contributed by atoms with Gasteiger partial charge in [-0.3, -0.25) is 0 Å². The van der Waals surface area contributed by atoms with E-state index in [1.807, 2.05) is 6.08 Å². The predicted molar refractivity (Wildman–Crippen MR) is 225 cm³/mol. The number of nitrogens with zero attached hydrogens (tertiary/aromatic N) is 1. The van der Waals surface area contributed by atoms with Crippen molar-refractivity contribution in [2.75, 3.05) is 4.90 Å². The summed E-state index contributed by atoms with van der Waals surface area (Å²) in [5.41, 5.74) is 16.2. The minimum absolute atomic E-state index is 0.107. The number of rotatable bonds is 12. The lowest BCUT2D eigenvalue weighted by Gasteiger charge is -2.31. The Kier molecular flexibility index (Phi) is 10.8. The van der Waals surface area contributed by atoms with Crippen molar-refractivity contribution in [3.63, 3.8) is 0 Å². The molecule has 0 fully saturated rings. The molecule has 7 rings (SSSR count). The lowest BCUT2D eigenvalue weighted by molar-refractivity contribution is 0.814. The fourth-order valence-electron chi connectivity index (χ4n) is 7.79.